The average Bonchev–Trinajstić information content (AvgIpc) is 3.84. The van der Waals surface area contributed by atoms with Crippen LogP contribution in [-0.2, 0) is 44.0 Å². The van der Waals surface area contributed by atoms with Gasteiger partial charge in [-0.25, -0.2) is 19.6 Å². The molecule has 16 nitrogen and oxygen atoms in total. The van der Waals surface area contributed by atoms with Crippen molar-refractivity contribution in [3.8, 4) is 5.75 Å². The number of ether oxygens (including phenoxy) is 4. The van der Waals surface area contributed by atoms with Crippen LogP contribution < -0.4 is 10.5 Å². The molecule has 0 spiro atoms. The molecule has 2 fully saturated rings. The summed E-state index contributed by atoms with van der Waals surface area (Å²) in [6.45, 7) is 1.77. The van der Waals surface area contributed by atoms with E-state index in [4.69, 9.17) is 33.7 Å². The number of nitrogen functional groups attached to an aromatic ring is 1. The zero-order valence-corrected chi connectivity index (χ0v) is 28.3. The van der Waals surface area contributed by atoms with Crippen LogP contribution in [0, 0.1) is 0 Å². The van der Waals surface area contributed by atoms with Gasteiger partial charge in [-0.05, 0) is 82.6 Å². The minimum atomic E-state index is -4.69. The summed E-state index contributed by atoms with van der Waals surface area (Å²) in [4.78, 5) is 39.0. The Bertz CT molecular complexity index is 1560. The Morgan fingerprint density at radius 3 is 2.08 bits per heavy atom. The fourth-order valence-corrected chi connectivity index (χ4v) is 7.64. The van der Waals surface area contributed by atoms with Crippen LogP contribution in [0.5, 0.6) is 5.75 Å². The Labute approximate surface area is 281 Å². The number of nitrogens with two attached hydrogens (primary N) is 1. The Hall–Kier alpha value is -3.31. The Morgan fingerprint density at radius 1 is 0.979 bits per heavy atom. The zero-order valence-electron chi connectivity index (χ0n) is 26.6. The van der Waals surface area contributed by atoms with Gasteiger partial charge in [0.25, 0.3) is 12.6 Å². The first kappa shape index (κ1) is 36.0. The highest BCUT2D eigenvalue weighted by atomic mass is 32.2. The Kier molecular flexibility index (Phi) is 12.3. The number of hydrogen-bond donors (Lipinski definition) is 3. The molecule has 2 aromatic heterocycles. The highest BCUT2D eigenvalue weighted by molar-refractivity contribution is 7.99. The molecule has 0 saturated heterocycles. The van der Waals surface area contributed by atoms with Gasteiger partial charge in [0.15, 0.2) is 5.65 Å². The monoisotopic (exact) mass is 709 g/mol. The fourth-order valence-electron chi connectivity index (χ4n) is 5.38. The largest absolute Gasteiger partial charge is 0.497 e. The van der Waals surface area contributed by atoms with Crippen LogP contribution in [0.1, 0.15) is 58.3 Å². The maximum atomic E-state index is 13.8. The highest BCUT2D eigenvalue weighted by Gasteiger charge is 2.39. The van der Waals surface area contributed by atoms with Crippen molar-refractivity contribution in [2.75, 3.05) is 19.2 Å². The molecule has 0 radical (unpaired) electrons. The standard InChI is InChI=1S/C30H40N5O11PS/c1-18(15-35-16-32-23-24(35)33-30(31)34-25(23)48-22-13-11-19(41-2)12-14-22)42-17-47(40,45-28(38)26(36)43-20-7-3-4-8-20)46-29(39)27(37)44-21-9-5-6-10-21/h11-14,16,18,20-21,28-29,38-39H,3-10,15,17H2,1-2H3,(H2,31,33,34). The normalized spacial score (nSPS) is 18.8. The molecule has 2 aliphatic rings. The molecule has 262 valence electrons. The smallest absolute Gasteiger partial charge is 0.363 e. The first-order valence-corrected chi connectivity index (χ1v) is 18.2. The number of carbonyl (C=O) groups excluding carboxylic acids is 2. The molecule has 2 saturated carbocycles. The zero-order chi connectivity index (χ0) is 34.3. The van der Waals surface area contributed by atoms with Crippen LogP contribution in [0.25, 0.3) is 11.2 Å². The topological polar surface area (TPSA) is 217 Å². The van der Waals surface area contributed by atoms with Crippen molar-refractivity contribution in [2.24, 2.45) is 0 Å². The van der Waals surface area contributed by atoms with Gasteiger partial charge in [0, 0.05) is 4.90 Å². The fraction of sp³-hybridized carbons (Fsp3) is 0.567. The van der Waals surface area contributed by atoms with E-state index in [1.165, 1.54) is 18.1 Å². The number of hydrogen-bond acceptors (Lipinski definition) is 16. The van der Waals surface area contributed by atoms with Gasteiger partial charge in [0.2, 0.25) is 5.95 Å². The third-order valence-electron chi connectivity index (χ3n) is 7.79. The van der Waals surface area contributed by atoms with Gasteiger partial charge in [-0.3, -0.25) is 13.6 Å². The molecule has 1 aromatic carbocycles. The molecule has 0 bridgehead atoms. The number of carbonyl (C=O) groups is 2. The Balaban J connectivity index is 1.25. The van der Waals surface area contributed by atoms with Gasteiger partial charge in [0.05, 0.1) is 26.1 Å². The predicted molar refractivity (Wildman–Crippen MR) is 171 cm³/mol. The number of anilines is 1. The summed E-state index contributed by atoms with van der Waals surface area (Å²) in [5.41, 5.74) is 6.93. The van der Waals surface area contributed by atoms with E-state index in [9.17, 15) is 24.4 Å². The summed E-state index contributed by atoms with van der Waals surface area (Å²) in [6, 6.07) is 7.39. The number of aromatic nitrogens is 4. The summed E-state index contributed by atoms with van der Waals surface area (Å²) >= 11 is 1.35. The molecular formula is C30H40N5O11PS. The summed E-state index contributed by atoms with van der Waals surface area (Å²) in [7, 11) is -3.10. The van der Waals surface area contributed by atoms with E-state index in [0.717, 1.165) is 30.6 Å². The first-order valence-electron chi connectivity index (χ1n) is 15.7. The SMILES string of the molecule is COc1ccc(Sc2nc(N)nc3c2ncn3CC(C)OCP(=O)(OC(O)C(=O)OC2CCCC2)OC(O)C(=O)OC2CCCC2)cc1. The van der Waals surface area contributed by atoms with E-state index in [1.54, 1.807) is 18.6 Å². The van der Waals surface area contributed by atoms with Gasteiger partial charge in [0.1, 0.15) is 34.8 Å². The number of aliphatic hydroxyl groups excluding tert-OH is 2. The quantitative estimate of drug-likeness (QED) is 0.0835. The average molecular weight is 710 g/mol. The van der Waals surface area contributed by atoms with Crippen LogP contribution in [0.4, 0.5) is 5.95 Å². The van der Waals surface area contributed by atoms with Gasteiger partial charge >= 0.3 is 19.5 Å². The van der Waals surface area contributed by atoms with Gasteiger partial charge in [-0.2, -0.15) is 4.98 Å². The van der Waals surface area contributed by atoms with Crippen molar-refractivity contribution >= 4 is 48.4 Å². The van der Waals surface area contributed by atoms with Crippen LogP contribution >= 0.6 is 19.4 Å². The van der Waals surface area contributed by atoms with Crippen molar-refractivity contribution < 1.29 is 52.4 Å². The molecule has 0 aliphatic heterocycles. The number of methoxy groups -OCH3 is 1. The molecule has 3 atom stereocenters. The van der Waals surface area contributed by atoms with E-state index >= 15 is 0 Å². The first-order chi connectivity index (χ1) is 23.0. The van der Waals surface area contributed by atoms with E-state index in [0.29, 0.717) is 47.6 Å². The highest BCUT2D eigenvalue weighted by Crippen LogP contribution is 2.50. The molecule has 0 amide bonds. The lowest BCUT2D eigenvalue weighted by Crippen LogP contribution is -2.32. The third-order valence-corrected chi connectivity index (χ3v) is 10.3. The number of rotatable bonds is 16. The van der Waals surface area contributed by atoms with Gasteiger partial charge in [-0.15, -0.1) is 0 Å². The van der Waals surface area contributed by atoms with Crippen LogP contribution in [0.3, 0.4) is 0 Å². The van der Waals surface area contributed by atoms with Crippen LogP contribution in [0.2, 0.25) is 0 Å². The van der Waals surface area contributed by atoms with Gasteiger partial charge in [-0.1, -0.05) is 11.8 Å². The van der Waals surface area contributed by atoms with E-state index in [1.807, 2.05) is 24.3 Å². The summed E-state index contributed by atoms with van der Waals surface area (Å²) in [6.07, 6.45) is 0.455. The van der Waals surface area contributed by atoms with Crippen LogP contribution in [0.15, 0.2) is 40.5 Å². The lowest BCUT2D eigenvalue weighted by Gasteiger charge is -2.25. The minimum absolute atomic E-state index is 0.0251. The number of benzene rings is 1. The maximum absolute atomic E-state index is 13.8. The molecule has 2 heterocycles. The van der Waals surface area contributed by atoms with Crippen molar-refractivity contribution in [3.05, 3.63) is 30.6 Å². The minimum Gasteiger partial charge on any atom is -0.497 e. The molecule has 5 rings (SSSR count). The molecular weight excluding hydrogens is 669 g/mol. The van der Waals surface area contributed by atoms with E-state index in [2.05, 4.69) is 15.0 Å². The van der Waals surface area contributed by atoms with E-state index < -0.39 is 56.8 Å². The molecule has 3 unspecified atom stereocenters. The lowest BCUT2D eigenvalue weighted by atomic mass is 10.3. The number of esters is 2. The number of fused-ring (bicyclic) bond motifs is 1. The second kappa shape index (κ2) is 16.4. The summed E-state index contributed by atoms with van der Waals surface area (Å²) in [5.74, 6) is -1.61. The number of nitrogens with zero attached hydrogens (tertiary/aromatic N) is 4. The van der Waals surface area contributed by atoms with Crippen molar-refractivity contribution in [2.45, 2.75) is 106 Å². The second-order valence-electron chi connectivity index (χ2n) is 11.6. The summed E-state index contributed by atoms with van der Waals surface area (Å²) in [5, 5.41) is 21.4. The van der Waals surface area contributed by atoms with Gasteiger partial charge < -0.3 is 39.5 Å². The molecule has 48 heavy (non-hydrogen) atoms. The number of imidazole rings is 1. The van der Waals surface area contributed by atoms with E-state index in [-0.39, 0.29) is 12.5 Å². The lowest BCUT2D eigenvalue weighted by molar-refractivity contribution is -0.182. The molecule has 3 aromatic rings. The van der Waals surface area contributed by atoms with Crippen molar-refractivity contribution in [3.63, 3.8) is 0 Å². The maximum Gasteiger partial charge on any atom is 0.363 e. The molecule has 4 N–H and O–H groups in total. The number of aliphatic hydroxyl groups is 2. The van der Waals surface area contributed by atoms with Crippen molar-refractivity contribution in [1.29, 1.82) is 0 Å². The predicted octanol–water partition coefficient (Wildman–Crippen LogP) is 3.77. The Morgan fingerprint density at radius 2 is 1.54 bits per heavy atom. The van der Waals surface area contributed by atoms with Crippen LogP contribution in [-0.4, -0.2) is 86.0 Å². The molecule has 2 aliphatic carbocycles. The molecule has 18 heteroatoms. The van der Waals surface area contributed by atoms with Crippen molar-refractivity contribution in [1.82, 2.24) is 19.5 Å². The summed E-state index contributed by atoms with van der Waals surface area (Å²) < 4.78 is 47.1. The second-order valence-corrected chi connectivity index (χ2v) is 14.5. The third kappa shape index (κ3) is 9.65.